The molecule has 2 aromatic rings. The molecule has 2 aromatic carbocycles. The van der Waals surface area contributed by atoms with Crippen LogP contribution in [0.15, 0.2) is 53.7 Å². The molecule has 0 saturated heterocycles. The van der Waals surface area contributed by atoms with E-state index in [-0.39, 0.29) is 0 Å². The number of allylic oxidation sites excluding steroid dienone is 1. The highest BCUT2D eigenvalue weighted by molar-refractivity contribution is 5.79. The van der Waals surface area contributed by atoms with Gasteiger partial charge in [-0.25, -0.2) is 0 Å². The van der Waals surface area contributed by atoms with Crippen LogP contribution in [-0.4, -0.2) is 26.5 Å². The molecular formula is C26H35NO3. The smallest absolute Gasteiger partial charge is 0.125 e. The minimum Gasteiger partial charge on any atom is -0.493 e. The first-order valence-corrected chi connectivity index (χ1v) is 10.7. The third-order valence-corrected chi connectivity index (χ3v) is 5.11. The molecule has 0 fully saturated rings. The average Bonchev–Trinajstić information content (AvgIpc) is 2.74. The van der Waals surface area contributed by atoms with E-state index in [1.165, 1.54) is 5.56 Å². The lowest BCUT2D eigenvalue weighted by molar-refractivity contribution is 0.215. The summed E-state index contributed by atoms with van der Waals surface area (Å²) in [5.41, 5.74) is 4.64. The van der Waals surface area contributed by atoms with E-state index in [9.17, 15) is 0 Å². The molecule has 0 aliphatic heterocycles. The topological polar surface area (TPSA) is 40.0 Å². The largest absolute Gasteiger partial charge is 0.493 e. The van der Waals surface area contributed by atoms with Crippen molar-refractivity contribution in [2.45, 2.75) is 52.9 Å². The SMILES string of the molecule is C/C=C/COc1cc(C)c(OCCCCC(C)c2ccc(C=NOC)cc2)c(C)c1. The van der Waals surface area contributed by atoms with Crippen molar-refractivity contribution in [2.24, 2.45) is 5.16 Å². The number of ether oxygens (including phenoxy) is 2. The lowest BCUT2D eigenvalue weighted by Gasteiger charge is -2.15. The van der Waals surface area contributed by atoms with Crippen molar-refractivity contribution in [1.82, 2.24) is 0 Å². The van der Waals surface area contributed by atoms with Gasteiger partial charge in [-0.1, -0.05) is 48.5 Å². The molecule has 0 aromatic heterocycles. The summed E-state index contributed by atoms with van der Waals surface area (Å²) in [6.45, 7) is 9.76. The van der Waals surface area contributed by atoms with E-state index in [4.69, 9.17) is 14.3 Å². The zero-order valence-electron chi connectivity index (χ0n) is 19.0. The summed E-state index contributed by atoms with van der Waals surface area (Å²) in [7, 11) is 1.55. The first-order chi connectivity index (χ1) is 14.5. The highest BCUT2D eigenvalue weighted by Gasteiger charge is 2.08. The van der Waals surface area contributed by atoms with E-state index in [0.717, 1.165) is 54.1 Å². The van der Waals surface area contributed by atoms with Crippen molar-refractivity contribution < 1.29 is 14.3 Å². The van der Waals surface area contributed by atoms with Crippen LogP contribution in [0.2, 0.25) is 0 Å². The van der Waals surface area contributed by atoms with Gasteiger partial charge >= 0.3 is 0 Å². The molecule has 0 spiro atoms. The Morgan fingerprint density at radius 1 is 1.00 bits per heavy atom. The van der Waals surface area contributed by atoms with Gasteiger partial charge in [-0.15, -0.1) is 0 Å². The van der Waals surface area contributed by atoms with E-state index >= 15 is 0 Å². The second kappa shape index (κ2) is 12.7. The molecule has 0 radical (unpaired) electrons. The molecule has 2 rings (SSSR count). The van der Waals surface area contributed by atoms with Crippen molar-refractivity contribution >= 4 is 6.21 Å². The van der Waals surface area contributed by atoms with Crippen LogP contribution < -0.4 is 9.47 Å². The molecule has 0 bridgehead atoms. The molecule has 4 heteroatoms. The van der Waals surface area contributed by atoms with Gasteiger partial charge in [0.2, 0.25) is 0 Å². The summed E-state index contributed by atoms with van der Waals surface area (Å²) in [5.74, 6) is 2.40. The molecule has 4 nitrogen and oxygen atoms in total. The molecule has 0 saturated carbocycles. The molecule has 1 unspecified atom stereocenters. The number of nitrogens with zero attached hydrogens (tertiary/aromatic N) is 1. The van der Waals surface area contributed by atoms with E-state index < -0.39 is 0 Å². The maximum Gasteiger partial charge on any atom is 0.125 e. The van der Waals surface area contributed by atoms with Crippen LogP contribution in [0.1, 0.15) is 61.3 Å². The Labute approximate surface area is 181 Å². The van der Waals surface area contributed by atoms with Crippen molar-refractivity contribution in [3.63, 3.8) is 0 Å². The molecule has 0 aliphatic rings. The predicted octanol–water partition coefficient (Wildman–Crippen LogP) is 6.59. The third kappa shape index (κ3) is 7.58. The van der Waals surface area contributed by atoms with Crippen molar-refractivity contribution in [3.05, 3.63) is 70.8 Å². The fourth-order valence-electron chi connectivity index (χ4n) is 3.38. The highest BCUT2D eigenvalue weighted by atomic mass is 16.6. The molecule has 162 valence electrons. The lowest BCUT2D eigenvalue weighted by Crippen LogP contribution is -2.03. The second-order valence-corrected chi connectivity index (χ2v) is 7.60. The van der Waals surface area contributed by atoms with Gasteiger partial charge in [-0.2, -0.15) is 0 Å². The van der Waals surface area contributed by atoms with Crippen molar-refractivity contribution in [3.8, 4) is 11.5 Å². The molecule has 30 heavy (non-hydrogen) atoms. The molecule has 0 N–H and O–H groups in total. The van der Waals surface area contributed by atoms with Gasteiger partial charge in [0.15, 0.2) is 0 Å². The maximum absolute atomic E-state index is 6.09. The van der Waals surface area contributed by atoms with Gasteiger partial charge in [-0.3, -0.25) is 0 Å². The van der Waals surface area contributed by atoms with E-state index in [1.54, 1.807) is 13.3 Å². The standard InChI is InChI=1S/C26H35NO3/c1-6-7-15-29-25-17-21(3)26(22(4)18-25)30-16-9-8-10-20(2)24-13-11-23(12-14-24)19-27-28-5/h6-7,11-14,17-20H,8-10,15-16H2,1-5H3/b7-6+,27-19?. The highest BCUT2D eigenvalue weighted by Crippen LogP contribution is 2.29. The van der Waals surface area contributed by atoms with Gasteiger partial charge in [-0.05, 0) is 80.3 Å². The Balaban J connectivity index is 1.76. The third-order valence-electron chi connectivity index (χ3n) is 5.11. The molecule has 0 heterocycles. The summed E-state index contributed by atoms with van der Waals surface area (Å²) in [6, 6.07) is 12.6. The van der Waals surface area contributed by atoms with Crippen molar-refractivity contribution in [1.29, 1.82) is 0 Å². The van der Waals surface area contributed by atoms with Crippen LogP contribution in [0, 0.1) is 13.8 Å². The fourth-order valence-corrected chi connectivity index (χ4v) is 3.38. The van der Waals surface area contributed by atoms with Crippen LogP contribution in [0.25, 0.3) is 0 Å². The molecular weight excluding hydrogens is 374 g/mol. The van der Waals surface area contributed by atoms with Crippen LogP contribution in [0.5, 0.6) is 11.5 Å². The Morgan fingerprint density at radius 3 is 2.33 bits per heavy atom. The predicted molar refractivity (Wildman–Crippen MR) is 125 cm³/mol. The van der Waals surface area contributed by atoms with E-state index in [0.29, 0.717) is 12.5 Å². The minimum absolute atomic E-state index is 0.524. The Bertz CT molecular complexity index is 802. The zero-order valence-corrected chi connectivity index (χ0v) is 19.0. The second-order valence-electron chi connectivity index (χ2n) is 7.60. The van der Waals surface area contributed by atoms with E-state index in [2.05, 4.69) is 62.3 Å². The lowest BCUT2D eigenvalue weighted by atomic mass is 9.95. The van der Waals surface area contributed by atoms with Gasteiger partial charge in [0.1, 0.15) is 25.2 Å². The Kier molecular flexibility index (Phi) is 9.99. The normalized spacial score (nSPS) is 12.4. The molecule has 0 aliphatic carbocycles. The van der Waals surface area contributed by atoms with Crippen LogP contribution in [0.4, 0.5) is 0 Å². The minimum atomic E-state index is 0.524. The van der Waals surface area contributed by atoms with Crippen LogP contribution >= 0.6 is 0 Å². The average molecular weight is 410 g/mol. The number of benzene rings is 2. The first kappa shape index (κ1) is 23.5. The summed E-state index contributed by atoms with van der Waals surface area (Å²) in [5, 5.41) is 3.80. The molecule has 0 amide bonds. The van der Waals surface area contributed by atoms with Gasteiger partial charge in [0, 0.05) is 0 Å². The van der Waals surface area contributed by atoms with Crippen LogP contribution in [0.3, 0.4) is 0 Å². The quantitative estimate of drug-likeness (QED) is 0.172. The summed E-state index contributed by atoms with van der Waals surface area (Å²) in [6.07, 6.45) is 9.03. The van der Waals surface area contributed by atoms with Gasteiger partial charge in [0.25, 0.3) is 0 Å². The fraction of sp³-hybridized carbons (Fsp3) is 0.423. The van der Waals surface area contributed by atoms with E-state index in [1.807, 2.05) is 19.1 Å². The van der Waals surface area contributed by atoms with Gasteiger partial charge < -0.3 is 14.3 Å². The summed E-state index contributed by atoms with van der Waals surface area (Å²) >= 11 is 0. The number of aryl methyl sites for hydroxylation is 2. The summed E-state index contributed by atoms with van der Waals surface area (Å²) < 4.78 is 11.8. The zero-order chi connectivity index (χ0) is 21.8. The number of rotatable bonds is 12. The maximum atomic E-state index is 6.09. The Hall–Kier alpha value is -2.75. The number of hydrogen-bond donors (Lipinski definition) is 0. The number of oxime groups is 1. The Morgan fingerprint density at radius 2 is 1.70 bits per heavy atom. The van der Waals surface area contributed by atoms with Crippen molar-refractivity contribution in [2.75, 3.05) is 20.3 Å². The van der Waals surface area contributed by atoms with Gasteiger partial charge in [0.05, 0.1) is 12.8 Å². The monoisotopic (exact) mass is 409 g/mol. The number of hydrogen-bond acceptors (Lipinski definition) is 4. The first-order valence-electron chi connectivity index (χ1n) is 10.7. The number of unbranched alkanes of at least 4 members (excludes halogenated alkanes) is 1. The summed E-state index contributed by atoms with van der Waals surface area (Å²) in [4.78, 5) is 4.72. The van der Waals surface area contributed by atoms with Crippen LogP contribution in [-0.2, 0) is 4.84 Å². The molecule has 1 atom stereocenters.